The van der Waals surface area contributed by atoms with Gasteiger partial charge in [0.15, 0.2) is 5.69 Å². The Morgan fingerprint density at radius 3 is 2.60 bits per heavy atom. The molecule has 0 unspecified atom stereocenters. The largest absolute Gasteiger partial charge is 0.496 e. The lowest BCUT2D eigenvalue weighted by molar-refractivity contribution is 0.0520. The van der Waals surface area contributed by atoms with E-state index in [9.17, 15) is 4.79 Å². The van der Waals surface area contributed by atoms with E-state index in [1.165, 1.54) is 0 Å². The van der Waals surface area contributed by atoms with E-state index in [1.807, 2.05) is 31.2 Å². The van der Waals surface area contributed by atoms with Gasteiger partial charge in [0.2, 0.25) is 0 Å². The third kappa shape index (κ3) is 4.62. The lowest BCUT2D eigenvalue weighted by atomic mass is 10.0. The molecule has 0 aliphatic rings. The van der Waals surface area contributed by atoms with Crippen LogP contribution < -0.4 is 9.47 Å². The zero-order valence-electron chi connectivity index (χ0n) is 18.0. The maximum absolute atomic E-state index is 12.2. The monoisotopic (exact) mass is 409 g/mol. The van der Waals surface area contributed by atoms with Crippen LogP contribution in [0.25, 0.3) is 11.3 Å². The first-order chi connectivity index (χ1) is 14.4. The molecule has 1 N–H and O–H groups in total. The average Bonchev–Trinajstić information content (AvgIpc) is 3.22. The second kappa shape index (κ2) is 9.43. The first-order valence-electron chi connectivity index (χ1n) is 9.93. The van der Waals surface area contributed by atoms with Crippen molar-refractivity contribution in [3.05, 3.63) is 58.8 Å². The van der Waals surface area contributed by atoms with Crippen LogP contribution in [0.15, 0.2) is 36.4 Å². The highest BCUT2D eigenvalue weighted by atomic mass is 16.5. The summed E-state index contributed by atoms with van der Waals surface area (Å²) in [6.45, 7) is 8.64. The minimum absolute atomic E-state index is 0.148. The number of ether oxygens (including phenoxy) is 3. The van der Waals surface area contributed by atoms with E-state index >= 15 is 0 Å². The molecule has 0 saturated carbocycles. The zero-order chi connectivity index (χ0) is 21.7. The number of carbonyl (C=O) groups excluding carboxylic acids is 1. The summed E-state index contributed by atoms with van der Waals surface area (Å²) in [4.78, 5) is 12.2. The van der Waals surface area contributed by atoms with Crippen molar-refractivity contribution in [2.75, 3.05) is 13.7 Å². The van der Waals surface area contributed by atoms with E-state index in [1.54, 1.807) is 14.0 Å². The number of aryl methyl sites for hydroxylation is 1. The van der Waals surface area contributed by atoms with E-state index in [0.717, 1.165) is 28.0 Å². The predicted molar refractivity (Wildman–Crippen MR) is 114 cm³/mol. The number of aromatic nitrogens is 3. The van der Waals surface area contributed by atoms with Gasteiger partial charge in [0.25, 0.3) is 0 Å². The van der Waals surface area contributed by atoms with Gasteiger partial charge in [0.1, 0.15) is 23.8 Å². The summed E-state index contributed by atoms with van der Waals surface area (Å²) in [5.74, 6) is 1.37. The summed E-state index contributed by atoms with van der Waals surface area (Å²) >= 11 is 0. The lowest BCUT2D eigenvalue weighted by Crippen LogP contribution is -2.07. The van der Waals surface area contributed by atoms with Crippen LogP contribution in [0.5, 0.6) is 11.5 Å². The van der Waals surface area contributed by atoms with Crippen LogP contribution in [0.1, 0.15) is 53.9 Å². The Balaban J connectivity index is 1.91. The summed E-state index contributed by atoms with van der Waals surface area (Å²) in [6, 6.07) is 11.8. The smallest absolute Gasteiger partial charge is 0.361 e. The number of benzene rings is 2. The Morgan fingerprint density at radius 1 is 1.10 bits per heavy atom. The summed E-state index contributed by atoms with van der Waals surface area (Å²) in [5.41, 5.74) is 4.42. The number of aromatic amines is 1. The number of methoxy groups -OCH3 is 1. The molecule has 30 heavy (non-hydrogen) atoms. The number of H-pyrrole nitrogens is 1. The van der Waals surface area contributed by atoms with Crippen LogP contribution in [0.4, 0.5) is 0 Å². The molecule has 0 saturated heterocycles. The molecule has 0 spiro atoms. The van der Waals surface area contributed by atoms with Gasteiger partial charge >= 0.3 is 5.97 Å². The van der Waals surface area contributed by atoms with Crippen molar-refractivity contribution in [1.82, 2.24) is 15.4 Å². The van der Waals surface area contributed by atoms with Gasteiger partial charge in [-0.25, -0.2) is 4.79 Å². The molecular weight excluding hydrogens is 382 g/mol. The third-order valence-corrected chi connectivity index (χ3v) is 4.74. The molecule has 1 aromatic heterocycles. The quantitative estimate of drug-likeness (QED) is 0.544. The van der Waals surface area contributed by atoms with Gasteiger partial charge in [-0.3, -0.25) is 0 Å². The van der Waals surface area contributed by atoms with Crippen molar-refractivity contribution in [3.63, 3.8) is 0 Å². The molecule has 0 fully saturated rings. The number of hydrogen-bond donors (Lipinski definition) is 1. The average molecular weight is 409 g/mol. The molecule has 0 aliphatic carbocycles. The van der Waals surface area contributed by atoms with Gasteiger partial charge in [0.05, 0.1) is 13.7 Å². The minimum atomic E-state index is -0.517. The number of esters is 1. The Morgan fingerprint density at radius 2 is 1.90 bits per heavy atom. The van der Waals surface area contributed by atoms with Crippen molar-refractivity contribution >= 4 is 5.97 Å². The zero-order valence-corrected chi connectivity index (χ0v) is 18.0. The molecule has 1 heterocycles. The van der Waals surface area contributed by atoms with Crippen LogP contribution in [0, 0.1) is 6.92 Å². The first kappa shape index (κ1) is 21.4. The molecule has 158 valence electrons. The fraction of sp³-hybridized carbons (Fsp3) is 0.348. The number of rotatable bonds is 8. The first-order valence-corrected chi connectivity index (χ1v) is 9.93. The van der Waals surface area contributed by atoms with Crippen LogP contribution in [0.3, 0.4) is 0 Å². The number of nitrogens with one attached hydrogen (secondary N) is 1. The third-order valence-electron chi connectivity index (χ3n) is 4.74. The normalized spacial score (nSPS) is 10.9. The Labute approximate surface area is 176 Å². The van der Waals surface area contributed by atoms with Gasteiger partial charge in [-0.1, -0.05) is 26.0 Å². The Hall–Kier alpha value is -3.35. The van der Waals surface area contributed by atoms with Crippen LogP contribution in [0.2, 0.25) is 0 Å². The maximum atomic E-state index is 12.2. The number of carbonyl (C=O) groups is 1. The van der Waals surface area contributed by atoms with Gasteiger partial charge in [0, 0.05) is 11.1 Å². The van der Waals surface area contributed by atoms with Crippen molar-refractivity contribution < 1.29 is 19.0 Å². The number of nitrogens with zero attached hydrogens (tertiary/aromatic N) is 2. The van der Waals surface area contributed by atoms with Crippen molar-refractivity contribution in [1.29, 1.82) is 0 Å². The van der Waals surface area contributed by atoms with Gasteiger partial charge in [-0.2, -0.15) is 10.3 Å². The second-order valence-corrected chi connectivity index (χ2v) is 7.25. The van der Waals surface area contributed by atoms with Gasteiger partial charge in [-0.05, 0) is 55.2 Å². The molecule has 3 aromatic rings. The van der Waals surface area contributed by atoms with Crippen molar-refractivity contribution in [2.45, 2.75) is 40.2 Å². The summed E-state index contributed by atoms with van der Waals surface area (Å²) in [5, 5.41) is 10.6. The predicted octanol–water partition coefficient (Wildman–Crippen LogP) is 4.67. The van der Waals surface area contributed by atoms with Gasteiger partial charge < -0.3 is 14.2 Å². The second-order valence-electron chi connectivity index (χ2n) is 7.25. The SMILES string of the molecule is CCOC(=O)c1n[nH]nc1-c1ccc(OC)c(COc2cc(C)ccc2C(C)C)c1. The van der Waals surface area contributed by atoms with E-state index in [4.69, 9.17) is 14.2 Å². The standard InChI is InChI=1S/C23H27N3O4/c1-6-29-23(27)22-21(24-26-25-22)16-8-10-19(28-5)17(12-16)13-30-20-11-15(4)7-9-18(20)14(2)3/h7-12,14H,6,13H2,1-5H3,(H,24,25,26). The Kier molecular flexibility index (Phi) is 6.72. The lowest BCUT2D eigenvalue weighted by Gasteiger charge is -2.16. The van der Waals surface area contributed by atoms with Crippen LogP contribution >= 0.6 is 0 Å². The molecule has 2 aromatic carbocycles. The highest BCUT2D eigenvalue weighted by Crippen LogP contribution is 2.31. The highest BCUT2D eigenvalue weighted by Gasteiger charge is 2.20. The molecule has 0 aliphatic heterocycles. The topological polar surface area (TPSA) is 86.3 Å². The summed E-state index contributed by atoms with van der Waals surface area (Å²) in [6.07, 6.45) is 0. The maximum Gasteiger partial charge on any atom is 0.361 e. The van der Waals surface area contributed by atoms with E-state index in [-0.39, 0.29) is 12.3 Å². The minimum Gasteiger partial charge on any atom is -0.496 e. The van der Waals surface area contributed by atoms with Gasteiger partial charge in [-0.15, -0.1) is 5.10 Å². The molecule has 0 amide bonds. The molecule has 7 nitrogen and oxygen atoms in total. The molecular formula is C23H27N3O4. The molecule has 3 rings (SSSR count). The number of hydrogen-bond acceptors (Lipinski definition) is 6. The molecule has 0 radical (unpaired) electrons. The molecule has 0 atom stereocenters. The fourth-order valence-electron chi connectivity index (χ4n) is 3.21. The Bertz CT molecular complexity index is 1030. The molecule has 7 heteroatoms. The van der Waals surface area contributed by atoms with Crippen molar-refractivity contribution in [3.8, 4) is 22.8 Å². The highest BCUT2D eigenvalue weighted by molar-refractivity contribution is 5.94. The van der Waals surface area contributed by atoms with Crippen molar-refractivity contribution in [2.24, 2.45) is 0 Å². The van der Waals surface area contributed by atoms with E-state index < -0.39 is 5.97 Å². The molecule has 0 bridgehead atoms. The summed E-state index contributed by atoms with van der Waals surface area (Å²) < 4.78 is 16.8. The van der Waals surface area contributed by atoms with Crippen LogP contribution in [-0.4, -0.2) is 35.1 Å². The van der Waals surface area contributed by atoms with Crippen LogP contribution in [-0.2, 0) is 11.3 Å². The summed E-state index contributed by atoms with van der Waals surface area (Å²) in [7, 11) is 1.62. The fourth-order valence-corrected chi connectivity index (χ4v) is 3.21. The van der Waals surface area contributed by atoms with E-state index in [0.29, 0.717) is 24.0 Å². The van der Waals surface area contributed by atoms with E-state index in [2.05, 4.69) is 41.4 Å².